The molecule has 0 fully saturated rings. The SMILES string of the molecule is N#C/C=C/c1ccc(Cl)cc1CNC(=O)O. The second-order valence-electron chi connectivity index (χ2n) is 2.96. The number of nitrogens with zero attached hydrogens (tertiary/aromatic N) is 1. The topological polar surface area (TPSA) is 73.1 Å². The maximum Gasteiger partial charge on any atom is 0.404 e. The maximum atomic E-state index is 10.4. The van der Waals surface area contributed by atoms with Crippen LogP contribution in [0.25, 0.3) is 6.08 Å². The third-order valence-electron chi connectivity index (χ3n) is 1.87. The normalized spacial score (nSPS) is 10.0. The van der Waals surface area contributed by atoms with Gasteiger partial charge in [-0.05, 0) is 29.3 Å². The second kappa shape index (κ2) is 5.79. The quantitative estimate of drug-likeness (QED) is 0.793. The number of nitrogens with one attached hydrogen (secondary N) is 1. The van der Waals surface area contributed by atoms with Crippen LogP contribution in [0.1, 0.15) is 11.1 Å². The zero-order valence-electron chi connectivity index (χ0n) is 8.27. The van der Waals surface area contributed by atoms with Crippen molar-refractivity contribution in [1.29, 1.82) is 5.26 Å². The van der Waals surface area contributed by atoms with Crippen molar-refractivity contribution in [3.05, 3.63) is 40.4 Å². The van der Waals surface area contributed by atoms with Crippen molar-refractivity contribution in [3.8, 4) is 6.07 Å². The van der Waals surface area contributed by atoms with Crippen LogP contribution in [0, 0.1) is 11.3 Å². The molecule has 0 radical (unpaired) electrons. The van der Waals surface area contributed by atoms with Gasteiger partial charge in [0.15, 0.2) is 0 Å². The molecule has 0 bridgehead atoms. The lowest BCUT2D eigenvalue weighted by Gasteiger charge is -2.06. The molecule has 0 aliphatic rings. The van der Waals surface area contributed by atoms with Gasteiger partial charge in [0.05, 0.1) is 6.07 Å². The maximum absolute atomic E-state index is 10.4. The molecule has 1 aromatic rings. The molecule has 2 N–H and O–H groups in total. The van der Waals surface area contributed by atoms with Crippen LogP contribution in [0.5, 0.6) is 0 Å². The van der Waals surface area contributed by atoms with E-state index in [4.69, 9.17) is 22.0 Å². The summed E-state index contributed by atoms with van der Waals surface area (Å²) in [5, 5.41) is 19.7. The number of rotatable bonds is 3. The highest BCUT2D eigenvalue weighted by Crippen LogP contribution is 2.17. The molecule has 16 heavy (non-hydrogen) atoms. The number of carbonyl (C=O) groups is 1. The van der Waals surface area contributed by atoms with Gasteiger partial charge >= 0.3 is 6.09 Å². The van der Waals surface area contributed by atoms with Crippen LogP contribution in [-0.2, 0) is 6.54 Å². The Bertz CT molecular complexity index is 464. The smallest absolute Gasteiger partial charge is 0.404 e. The molecule has 0 spiro atoms. The van der Waals surface area contributed by atoms with E-state index in [9.17, 15) is 4.79 Å². The van der Waals surface area contributed by atoms with E-state index in [1.54, 1.807) is 24.3 Å². The van der Waals surface area contributed by atoms with Crippen LogP contribution in [0.15, 0.2) is 24.3 Å². The number of benzene rings is 1. The summed E-state index contributed by atoms with van der Waals surface area (Å²) in [6.45, 7) is 0.154. The lowest BCUT2D eigenvalue weighted by molar-refractivity contribution is 0.194. The molecule has 5 heteroatoms. The van der Waals surface area contributed by atoms with Gasteiger partial charge in [0.25, 0.3) is 0 Å². The van der Waals surface area contributed by atoms with E-state index in [1.807, 2.05) is 6.07 Å². The Labute approximate surface area is 97.8 Å². The third-order valence-corrected chi connectivity index (χ3v) is 2.11. The number of amides is 1. The number of hydrogen-bond acceptors (Lipinski definition) is 2. The van der Waals surface area contributed by atoms with Crippen LogP contribution < -0.4 is 5.32 Å². The molecule has 0 heterocycles. The summed E-state index contributed by atoms with van der Waals surface area (Å²) in [5.41, 5.74) is 1.49. The summed E-state index contributed by atoms with van der Waals surface area (Å²) in [4.78, 5) is 10.4. The van der Waals surface area contributed by atoms with Crippen LogP contribution in [0.3, 0.4) is 0 Å². The van der Waals surface area contributed by atoms with Crippen molar-refractivity contribution < 1.29 is 9.90 Å². The first-order valence-electron chi connectivity index (χ1n) is 4.45. The Morgan fingerprint density at radius 3 is 3.00 bits per heavy atom. The summed E-state index contributed by atoms with van der Waals surface area (Å²) in [6.07, 6.45) is 1.83. The van der Waals surface area contributed by atoms with Gasteiger partial charge < -0.3 is 10.4 Å². The Morgan fingerprint density at radius 2 is 2.38 bits per heavy atom. The van der Waals surface area contributed by atoms with Gasteiger partial charge in [-0.25, -0.2) is 4.79 Å². The van der Waals surface area contributed by atoms with Crippen molar-refractivity contribution >= 4 is 23.8 Å². The molecule has 4 nitrogen and oxygen atoms in total. The summed E-state index contributed by atoms with van der Waals surface area (Å²) in [7, 11) is 0. The number of allylic oxidation sites excluding steroid dienone is 1. The molecule has 82 valence electrons. The standard InChI is InChI=1S/C11H9ClN2O2/c12-10-4-3-8(2-1-5-13)9(6-10)7-14-11(15)16/h1-4,6,14H,7H2,(H,15,16)/b2-1+. The molecule has 0 saturated heterocycles. The second-order valence-corrected chi connectivity index (χ2v) is 3.40. The van der Waals surface area contributed by atoms with E-state index in [-0.39, 0.29) is 6.54 Å². The highest BCUT2D eigenvalue weighted by Gasteiger charge is 2.02. The molecule has 0 unspecified atom stereocenters. The first-order valence-corrected chi connectivity index (χ1v) is 4.82. The fourth-order valence-electron chi connectivity index (χ4n) is 1.19. The number of halogens is 1. The van der Waals surface area contributed by atoms with Crippen LogP contribution in [0.2, 0.25) is 5.02 Å². The fraction of sp³-hybridized carbons (Fsp3) is 0.0909. The Balaban J connectivity index is 2.94. The number of nitriles is 1. The minimum Gasteiger partial charge on any atom is -0.465 e. The van der Waals surface area contributed by atoms with Crippen LogP contribution in [0.4, 0.5) is 4.79 Å². The van der Waals surface area contributed by atoms with Gasteiger partial charge in [0.1, 0.15) is 0 Å². The predicted octanol–water partition coefficient (Wildman–Crippen LogP) is 2.64. The average Bonchev–Trinajstić information content (AvgIpc) is 2.25. The summed E-state index contributed by atoms with van der Waals surface area (Å²) < 4.78 is 0. The van der Waals surface area contributed by atoms with E-state index >= 15 is 0 Å². The van der Waals surface area contributed by atoms with Gasteiger partial charge in [0, 0.05) is 17.6 Å². The van der Waals surface area contributed by atoms with E-state index < -0.39 is 6.09 Å². The molecule has 0 atom stereocenters. The average molecular weight is 237 g/mol. The minimum absolute atomic E-state index is 0.154. The first-order chi connectivity index (χ1) is 7.63. The van der Waals surface area contributed by atoms with Gasteiger partial charge in [-0.2, -0.15) is 5.26 Å². The van der Waals surface area contributed by atoms with Crippen molar-refractivity contribution in [2.24, 2.45) is 0 Å². The monoisotopic (exact) mass is 236 g/mol. The van der Waals surface area contributed by atoms with Gasteiger partial charge in [-0.15, -0.1) is 0 Å². The summed E-state index contributed by atoms with van der Waals surface area (Å²) in [6, 6.07) is 6.95. The Hall–Kier alpha value is -1.99. The van der Waals surface area contributed by atoms with Gasteiger partial charge in [-0.3, -0.25) is 0 Å². The molecule has 1 aromatic carbocycles. The molecule has 0 saturated carbocycles. The van der Waals surface area contributed by atoms with Crippen LogP contribution >= 0.6 is 11.6 Å². The fourth-order valence-corrected chi connectivity index (χ4v) is 1.38. The molecule has 0 aliphatic carbocycles. The van der Waals surface area contributed by atoms with E-state index in [0.717, 1.165) is 11.1 Å². The van der Waals surface area contributed by atoms with Crippen molar-refractivity contribution in [2.75, 3.05) is 0 Å². The lowest BCUT2D eigenvalue weighted by atomic mass is 10.1. The Morgan fingerprint density at radius 1 is 1.62 bits per heavy atom. The van der Waals surface area contributed by atoms with E-state index in [0.29, 0.717) is 5.02 Å². The molecule has 0 aromatic heterocycles. The predicted molar refractivity (Wildman–Crippen MR) is 61.0 cm³/mol. The summed E-state index contributed by atoms with van der Waals surface area (Å²) >= 11 is 5.80. The minimum atomic E-state index is -1.10. The van der Waals surface area contributed by atoms with Crippen molar-refractivity contribution in [1.82, 2.24) is 5.32 Å². The van der Waals surface area contributed by atoms with Gasteiger partial charge in [0.2, 0.25) is 0 Å². The largest absolute Gasteiger partial charge is 0.465 e. The highest BCUT2D eigenvalue weighted by molar-refractivity contribution is 6.30. The molecule has 0 aliphatic heterocycles. The van der Waals surface area contributed by atoms with E-state index in [1.165, 1.54) is 6.08 Å². The first kappa shape index (κ1) is 12.1. The molecule has 1 amide bonds. The number of hydrogen-bond donors (Lipinski definition) is 2. The zero-order chi connectivity index (χ0) is 12.0. The zero-order valence-corrected chi connectivity index (χ0v) is 9.03. The molecular formula is C11H9ClN2O2. The third kappa shape index (κ3) is 3.64. The number of carboxylic acid groups (broad SMARTS) is 1. The molecular weight excluding hydrogens is 228 g/mol. The van der Waals surface area contributed by atoms with Gasteiger partial charge in [-0.1, -0.05) is 17.7 Å². The van der Waals surface area contributed by atoms with E-state index in [2.05, 4.69) is 5.32 Å². The lowest BCUT2D eigenvalue weighted by Crippen LogP contribution is -2.20. The Kier molecular flexibility index (Phi) is 4.37. The molecule has 1 rings (SSSR count). The van der Waals surface area contributed by atoms with Crippen LogP contribution in [-0.4, -0.2) is 11.2 Å². The summed E-state index contributed by atoms with van der Waals surface area (Å²) in [5.74, 6) is 0. The van der Waals surface area contributed by atoms with Crippen molar-refractivity contribution in [2.45, 2.75) is 6.54 Å². The van der Waals surface area contributed by atoms with Crippen molar-refractivity contribution in [3.63, 3.8) is 0 Å². The highest BCUT2D eigenvalue weighted by atomic mass is 35.5.